The number of allylic oxidation sites excluding steroid dienone is 3. The first kappa shape index (κ1) is 25.7. The Balaban J connectivity index is 1.57. The second kappa shape index (κ2) is 10.3. The van der Waals surface area contributed by atoms with Crippen molar-refractivity contribution < 1.29 is 14.1 Å². The summed E-state index contributed by atoms with van der Waals surface area (Å²) in [6.07, 6.45) is 7.28. The number of likely N-dealkylation sites (N-methyl/N-ethyl adjacent to an activating group) is 2. The summed E-state index contributed by atoms with van der Waals surface area (Å²) in [5, 5.41) is 10.5. The molecule has 8 heteroatoms. The van der Waals surface area contributed by atoms with Gasteiger partial charge in [-0.1, -0.05) is 6.58 Å². The van der Waals surface area contributed by atoms with E-state index in [2.05, 4.69) is 55.6 Å². The number of quaternary nitrogens is 2. The Morgan fingerprint density at radius 2 is 1.61 bits per heavy atom. The van der Waals surface area contributed by atoms with Crippen molar-refractivity contribution in [3.8, 4) is 17.1 Å². The fraction of sp³-hybridized carbons (Fsp3) is 0.429. The molecule has 2 aliphatic heterocycles. The molecule has 2 saturated heterocycles. The summed E-state index contributed by atoms with van der Waals surface area (Å²) < 4.78 is 2.05. The van der Waals surface area contributed by atoms with Gasteiger partial charge in [-0.2, -0.15) is 0 Å². The average molecular weight is 492 g/mol. The molecule has 0 aromatic carbocycles. The molecule has 0 aliphatic carbocycles. The number of nitrogens with zero attached hydrogens (tertiary/aromatic N) is 6. The summed E-state index contributed by atoms with van der Waals surface area (Å²) in [6.45, 7) is 12.5. The minimum absolute atomic E-state index is 0.140. The SMILES string of the molecule is C=C(/C=C(\C=C/N)N1CC[N+](C)(C)CC1)c1cc(O)cc(-c2cc(N3CC[N+](C)(C)CC3)ccn2)n1. The van der Waals surface area contributed by atoms with Gasteiger partial charge < -0.3 is 29.6 Å². The number of rotatable bonds is 6. The fourth-order valence-electron chi connectivity index (χ4n) is 4.69. The van der Waals surface area contributed by atoms with Crippen LogP contribution in [0.25, 0.3) is 17.0 Å². The largest absolute Gasteiger partial charge is 0.508 e. The fourth-order valence-corrected chi connectivity index (χ4v) is 4.69. The Morgan fingerprint density at radius 3 is 2.25 bits per heavy atom. The van der Waals surface area contributed by atoms with Crippen LogP contribution >= 0.6 is 0 Å². The zero-order chi connectivity index (χ0) is 25.9. The molecule has 0 spiro atoms. The Kier molecular flexibility index (Phi) is 7.38. The van der Waals surface area contributed by atoms with Gasteiger partial charge in [0.1, 0.15) is 5.75 Å². The van der Waals surface area contributed by atoms with Gasteiger partial charge in [0.15, 0.2) is 0 Å². The van der Waals surface area contributed by atoms with Gasteiger partial charge in [-0.15, -0.1) is 0 Å². The van der Waals surface area contributed by atoms with Crippen LogP contribution in [0.1, 0.15) is 5.69 Å². The van der Waals surface area contributed by atoms with E-state index in [4.69, 9.17) is 10.7 Å². The van der Waals surface area contributed by atoms with Crippen LogP contribution in [0.4, 0.5) is 5.69 Å². The predicted octanol–water partition coefficient (Wildman–Crippen LogP) is 2.51. The molecule has 0 amide bonds. The minimum Gasteiger partial charge on any atom is -0.508 e. The highest BCUT2D eigenvalue weighted by atomic mass is 16.3. The molecule has 8 nitrogen and oxygen atoms in total. The maximum absolute atomic E-state index is 10.5. The average Bonchev–Trinajstić information content (AvgIpc) is 2.83. The van der Waals surface area contributed by atoms with Crippen LogP contribution in [-0.4, -0.2) is 109 Å². The molecule has 0 bridgehead atoms. The maximum Gasteiger partial charge on any atom is 0.119 e. The van der Waals surface area contributed by atoms with Crippen molar-refractivity contribution in [2.24, 2.45) is 5.73 Å². The summed E-state index contributed by atoms with van der Waals surface area (Å²) >= 11 is 0. The number of anilines is 1. The number of aromatic hydroxyl groups is 1. The molecule has 2 aromatic rings. The smallest absolute Gasteiger partial charge is 0.119 e. The number of aromatic nitrogens is 2. The van der Waals surface area contributed by atoms with Crippen LogP contribution in [0.15, 0.2) is 61.1 Å². The Hall–Kier alpha value is -3.36. The Bertz CT molecular complexity index is 1150. The third kappa shape index (κ3) is 6.25. The monoisotopic (exact) mass is 491 g/mol. The van der Waals surface area contributed by atoms with Crippen LogP contribution < -0.4 is 10.6 Å². The molecule has 4 heterocycles. The van der Waals surface area contributed by atoms with Crippen molar-refractivity contribution in [2.75, 3.05) is 85.4 Å². The lowest BCUT2D eigenvalue weighted by atomic mass is 10.1. The number of hydrogen-bond acceptors (Lipinski definition) is 6. The second-order valence-corrected chi connectivity index (χ2v) is 11.2. The van der Waals surface area contributed by atoms with Crippen LogP contribution in [0.5, 0.6) is 5.75 Å². The first-order valence-corrected chi connectivity index (χ1v) is 12.7. The van der Waals surface area contributed by atoms with E-state index in [1.54, 1.807) is 18.3 Å². The third-order valence-corrected chi connectivity index (χ3v) is 7.37. The van der Waals surface area contributed by atoms with Crippen LogP contribution in [0.3, 0.4) is 0 Å². The maximum atomic E-state index is 10.5. The molecule has 0 atom stereocenters. The summed E-state index contributed by atoms with van der Waals surface area (Å²) in [7, 11) is 9.06. The number of piperazine rings is 2. The minimum atomic E-state index is 0.140. The van der Waals surface area contributed by atoms with Crippen molar-refractivity contribution >= 4 is 11.3 Å². The predicted molar refractivity (Wildman–Crippen MR) is 147 cm³/mol. The molecular formula is C28H41N7O+2. The molecule has 2 fully saturated rings. The highest BCUT2D eigenvalue weighted by Gasteiger charge is 2.26. The molecule has 0 saturated carbocycles. The van der Waals surface area contributed by atoms with Gasteiger partial charge in [0.25, 0.3) is 0 Å². The second-order valence-electron chi connectivity index (χ2n) is 11.2. The summed E-state index contributed by atoms with van der Waals surface area (Å²) in [5.74, 6) is 0.140. The van der Waals surface area contributed by atoms with E-state index >= 15 is 0 Å². The van der Waals surface area contributed by atoms with E-state index in [9.17, 15) is 5.11 Å². The van der Waals surface area contributed by atoms with Gasteiger partial charge in [-0.25, -0.2) is 4.98 Å². The lowest BCUT2D eigenvalue weighted by Crippen LogP contribution is -2.54. The molecule has 3 N–H and O–H groups in total. The van der Waals surface area contributed by atoms with Gasteiger partial charge in [0.05, 0.1) is 97.6 Å². The van der Waals surface area contributed by atoms with Crippen molar-refractivity contribution in [3.63, 3.8) is 0 Å². The highest BCUT2D eigenvalue weighted by molar-refractivity contribution is 5.74. The molecule has 4 rings (SSSR count). The zero-order valence-electron chi connectivity index (χ0n) is 22.2. The number of hydrogen-bond donors (Lipinski definition) is 2. The summed E-state index contributed by atoms with van der Waals surface area (Å²) in [6, 6.07) is 7.42. The van der Waals surface area contributed by atoms with Crippen LogP contribution in [0, 0.1) is 0 Å². The molecule has 2 aromatic heterocycles. The van der Waals surface area contributed by atoms with Crippen molar-refractivity contribution in [3.05, 3.63) is 66.8 Å². The third-order valence-electron chi connectivity index (χ3n) is 7.37. The van der Waals surface area contributed by atoms with E-state index in [1.165, 1.54) is 0 Å². The molecule has 2 aliphatic rings. The van der Waals surface area contributed by atoms with Crippen molar-refractivity contribution in [1.82, 2.24) is 14.9 Å². The number of nitrogens with two attached hydrogens (primary N) is 1. The molecule has 36 heavy (non-hydrogen) atoms. The zero-order valence-corrected chi connectivity index (χ0v) is 22.2. The van der Waals surface area contributed by atoms with Gasteiger partial charge >= 0.3 is 0 Å². The standard InChI is InChI=1S/C28H40N7O/c1-22(18-23(6-8-29)32-10-14-34(2,3)15-11-32)26-20-25(36)21-28(31-26)27-19-24(7-9-30-27)33-12-16-35(4,5)17-13-33/h6-9,18-21H,1,10-17,29H2,2-5H3/q+1/p+1/b8-6-,23-18+. The quantitative estimate of drug-likeness (QED) is 0.478. The first-order chi connectivity index (χ1) is 17.0. The first-order valence-electron chi connectivity index (χ1n) is 12.7. The van der Waals surface area contributed by atoms with E-state index in [0.717, 1.165) is 78.4 Å². The van der Waals surface area contributed by atoms with E-state index in [0.29, 0.717) is 17.0 Å². The Labute approximate surface area is 215 Å². The Morgan fingerprint density at radius 1 is 0.972 bits per heavy atom. The van der Waals surface area contributed by atoms with Crippen molar-refractivity contribution in [1.29, 1.82) is 0 Å². The van der Waals surface area contributed by atoms with Gasteiger partial charge in [0.2, 0.25) is 0 Å². The van der Waals surface area contributed by atoms with Gasteiger partial charge in [0, 0.05) is 29.7 Å². The van der Waals surface area contributed by atoms with Crippen molar-refractivity contribution in [2.45, 2.75) is 0 Å². The van der Waals surface area contributed by atoms with Gasteiger partial charge in [-0.3, -0.25) is 4.98 Å². The topological polar surface area (TPSA) is 78.5 Å². The lowest BCUT2D eigenvalue weighted by Gasteiger charge is -2.40. The van der Waals surface area contributed by atoms with Crippen LogP contribution in [-0.2, 0) is 0 Å². The van der Waals surface area contributed by atoms with E-state index in [-0.39, 0.29) is 5.75 Å². The lowest BCUT2D eigenvalue weighted by molar-refractivity contribution is -0.894. The van der Waals surface area contributed by atoms with E-state index in [1.807, 2.05) is 24.4 Å². The molecule has 0 unspecified atom stereocenters. The summed E-state index contributed by atoms with van der Waals surface area (Å²) in [5.41, 5.74) is 10.6. The van der Waals surface area contributed by atoms with Crippen LogP contribution in [0.2, 0.25) is 0 Å². The highest BCUT2D eigenvalue weighted by Crippen LogP contribution is 2.28. The van der Waals surface area contributed by atoms with E-state index < -0.39 is 0 Å². The number of pyridine rings is 2. The molecule has 0 radical (unpaired) electrons. The molecular weight excluding hydrogens is 450 g/mol. The normalized spacial score (nSPS) is 20.1. The van der Waals surface area contributed by atoms with Gasteiger partial charge in [-0.05, 0) is 36.1 Å². The molecule has 192 valence electrons. The summed E-state index contributed by atoms with van der Waals surface area (Å²) in [4.78, 5) is 14.1.